The Bertz CT molecular complexity index is 598. The molecule has 1 fully saturated rings. The predicted molar refractivity (Wildman–Crippen MR) is 72.8 cm³/mol. The van der Waals surface area contributed by atoms with Gasteiger partial charge in [-0.25, -0.2) is 4.98 Å². The molecule has 5 heteroatoms. The summed E-state index contributed by atoms with van der Waals surface area (Å²) < 4.78 is 7.55. The van der Waals surface area contributed by atoms with Gasteiger partial charge in [0, 0.05) is 19.3 Å². The molecular formula is C14H17N3O2. The van der Waals surface area contributed by atoms with Crippen LogP contribution in [0, 0.1) is 0 Å². The second-order valence-corrected chi connectivity index (χ2v) is 5.03. The lowest BCUT2D eigenvalue weighted by atomic mass is 10.2. The number of hydrogen-bond donors (Lipinski definition) is 0. The average Bonchev–Trinajstić information content (AvgIpc) is 2.76. The van der Waals surface area contributed by atoms with E-state index in [-0.39, 0.29) is 12.2 Å². The molecule has 2 aromatic heterocycles. The third kappa shape index (κ3) is 2.10. The van der Waals surface area contributed by atoms with Crippen molar-refractivity contribution in [3.63, 3.8) is 0 Å². The first kappa shape index (κ1) is 12.2. The van der Waals surface area contributed by atoms with E-state index in [0.717, 1.165) is 30.8 Å². The summed E-state index contributed by atoms with van der Waals surface area (Å²) in [5.74, 6) is 0.753. The highest BCUT2D eigenvalue weighted by Crippen LogP contribution is 2.23. The molecular weight excluding hydrogens is 242 g/mol. The van der Waals surface area contributed by atoms with Gasteiger partial charge in [0.1, 0.15) is 11.3 Å². The first-order valence-corrected chi connectivity index (χ1v) is 6.51. The molecule has 19 heavy (non-hydrogen) atoms. The van der Waals surface area contributed by atoms with E-state index in [9.17, 15) is 4.79 Å². The molecule has 2 aromatic rings. The largest absolute Gasteiger partial charge is 0.372 e. The molecule has 2 atom stereocenters. The topological polar surface area (TPSA) is 46.8 Å². The molecule has 3 heterocycles. The third-order valence-corrected chi connectivity index (χ3v) is 3.38. The predicted octanol–water partition coefficient (Wildman–Crippen LogP) is 1.76. The van der Waals surface area contributed by atoms with Crippen LogP contribution in [0.3, 0.4) is 0 Å². The summed E-state index contributed by atoms with van der Waals surface area (Å²) in [4.78, 5) is 18.1. The molecule has 100 valence electrons. The van der Waals surface area contributed by atoms with Crippen LogP contribution in [-0.2, 0) is 4.74 Å². The quantitative estimate of drug-likeness (QED) is 0.771. The lowest BCUT2D eigenvalue weighted by Crippen LogP contribution is -2.46. The monoisotopic (exact) mass is 259 g/mol. The fourth-order valence-electron chi connectivity index (χ4n) is 2.70. The van der Waals surface area contributed by atoms with Crippen molar-refractivity contribution in [3.8, 4) is 0 Å². The molecule has 5 nitrogen and oxygen atoms in total. The maximum atomic E-state index is 11.4. The van der Waals surface area contributed by atoms with E-state index in [1.165, 1.54) is 0 Å². The van der Waals surface area contributed by atoms with Gasteiger partial charge in [-0.05, 0) is 26.0 Å². The molecule has 0 aliphatic carbocycles. The lowest BCUT2D eigenvalue weighted by molar-refractivity contribution is -0.00547. The van der Waals surface area contributed by atoms with Crippen LogP contribution < -0.4 is 4.90 Å². The number of morpholine rings is 1. The van der Waals surface area contributed by atoms with E-state index < -0.39 is 0 Å². The van der Waals surface area contributed by atoms with Crippen molar-refractivity contribution in [2.45, 2.75) is 26.1 Å². The standard InChI is InChI=1S/C14H17N3O2/c1-10-7-16(8-11(2)19-10)14-12(9-18)17-6-4-3-5-13(17)15-14/h3-6,9-11H,7-8H2,1-2H3. The Balaban J connectivity index is 2.06. The Labute approximate surface area is 111 Å². The number of imidazole rings is 1. The number of nitrogens with zero attached hydrogens (tertiary/aromatic N) is 3. The molecule has 0 aromatic carbocycles. The Hall–Kier alpha value is -1.88. The zero-order chi connectivity index (χ0) is 13.4. The van der Waals surface area contributed by atoms with Crippen LogP contribution in [0.1, 0.15) is 24.3 Å². The molecule has 1 aliphatic heterocycles. The average molecular weight is 259 g/mol. The van der Waals surface area contributed by atoms with Gasteiger partial charge in [0.05, 0.1) is 12.2 Å². The number of rotatable bonds is 2. The third-order valence-electron chi connectivity index (χ3n) is 3.38. The number of fused-ring (bicyclic) bond motifs is 1. The molecule has 0 saturated carbocycles. The first-order chi connectivity index (χ1) is 9.19. The summed E-state index contributed by atoms with van der Waals surface area (Å²) in [7, 11) is 0. The summed E-state index contributed by atoms with van der Waals surface area (Å²) in [5, 5.41) is 0. The molecule has 0 radical (unpaired) electrons. The van der Waals surface area contributed by atoms with Crippen molar-refractivity contribution in [2.75, 3.05) is 18.0 Å². The number of carbonyl (C=O) groups excluding carboxylic acids is 1. The fourth-order valence-corrected chi connectivity index (χ4v) is 2.70. The minimum absolute atomic E-state index is 0.146. The van der Waals surface area contributed by atoms with E-state index in [2.05, 4.69) is 9.88 Å². The Morgan fingerprint density at radius 1 is 1.32 bits per heavy atom. The maximum Gasteiger partial charge on any atom is 0.170 e. The molecule has 0 bridgehead atoms. The molecule has 0 amide bonds. The van der Waals surface area contributed by atoms with E-state index >= 15 is 0 Å². The summed E-state index contributed by atoms with van der Waals surface area (Å²) in [6.07, 6.45) is 3.03. The fraction of sp³-hybridized carbons (Fsp3) is 0.429. The van der Waals surface area contributed by atoms with Crippen LogP contribution >= 0.6 is 0 Å². The number of carbonyl (C=O) groups is 1. The minimum Gasteiger partial charge on any atom is -0.372 e. The molecule has 2 unspecified atom stereocenters. The number of hydrogen-bond acceptors (Lipinski definition) is 4. The number of pyridine rings is 1. The van der Waals surface area contributed by atoms with Crippen molar-refractivity contribution in [1.82, 2.24) is 9.38 Å². The van der Waals surface area contributed by atoms with Gasteiger partial charge in [-0.15, -0.1) is 0 Å². The van der Waals surface area contributed by atoms with Crippen LogP contribution in [0.25, 0.3) is 5.65 Å². The van der Waals surface area contributed by atoms with Crippen molar-refractivity contribution in [1.29, 1.82) is 0 Å². The molecule has 1 aliphatic rings. The first-order valence-electron chi connectivity index (χ1n) is 6.51. The van der Waals surface area contributed by atoms with Crippen LogP contribution in [-0.4, -0.2) is 41.0 Å². The molecule has 0 N–H and O–H groups in total. The smallest absolute Gasteiger partial charge is 0.170 e. The SMILES string of the molecule is CC1CN(c2nc3ccccn3c2C=O)CC(C)O1. The van der Waals surface area contributed by atoms with E-state index in [4.69, 9.17) is 4.74 Å². The van der Waals surface area contributed by atoms with Gasteiger partial charge in [-0.2, -0.15) is 0 Å². The van der Waals surface area contributed by atoms with Crippen molar-refractivity contribution >= 4 is 17.8 Å². The normalized spacial score (nSPS) is 23.8. The van der Waals surface area contributed by atoms with Gasteiger partial charge in [0.2, 0.25) is 0 Å². The lowest BCUT2D eigenvalue weighted by Gasteiger charge is -2.35. The number of ether oxygens (including phenoxy) is 1. The van der Waals surface area contributed by atoms with E-state index in [1.54, 1.807) is 0 Å². The van der Waals surface area contributed by atoms with Gasteiger partial charge in [0.15, 0.2) is 12.1 Å². The summed E-state index contributed by atoms with van der Waals surface area (Å²) >= 11 is 0. The summed E-state index contributed by atoms with van der Waals surface area (Å²) in [5.41, 5.74) is 1.41. The minimum atomic E-state index is 0.146. The van der Waals surface area contributed by atoms with Gasteiger partial charge in [-0.1, -0.05) is 6.07 Å². The zero-order valence-corrected chi connectivity index (χ0v) is 11.1. The second-order valence-electron chi connectivity index (χ2n) is 5.03. The Morgan fingerprint density at radius 2 is 2.05 bits per heavy atom. The van der Waals surface area contributed by atoms with Gasteiger partial charge in [0.25, 0.3) is 0 Å². The van der Waals surface area contributed by atoms with Gasteiger partial charge < -0.3 is 9.64 Å². The number of anilines is 1. The van der Waals surface area contributed by atoms with Crippen LogP contribution in [0.15, 0.2) is 24.4 Å². The Kier molecular flexibility index (Phi) is 2.98. The van der Waals surface area contributed by atoms with Crippen molar-refractivity contribution in [2.24, 2.45) is 0 Å². The van der Waals surface area contributed by atoms with Gasteiger partial charge in [-0.3, -0.25) is 9.20 Å². The summed E-state index contributed by atoms with van der Waals surface area (Å²) in [6.45, 7) is 5.60. The molecule has 1 saturated heterocycles. The highest BCUT2D eigenvalue weighted by Gasteiger charge is 2.26. The van der Waals surface area contributed by atoms with E-state index in [1.807, 2.05) is 42.6 Å². The highest BCUT2D eigenvalue weighted by molar-refractivity contribution is 5.83. The molecule has 3 rings (SSSR count). The highest BCUT2D eigenvalue weighted by atomic mass is 16.5. The van der Waals surface area contributed by atoms with Crippen LogP contribution in [0.4, 0.5) is 5.82 Å². The summed E-state index contributed by atoms with van der Waals surface area (Å²) in [6, 6.07) is 5.73. The zero-order valence-electron chi connectivity index (χ0n) is 11.1. The van der Waals surface area contributed by atoms with Gasteiger partial charge >= 0.3 is 0 Å². The van der Waals surface area contributed by atoms with Crippen molar-refractivity contribution < 1.29 is 9.53 Å². The van der Waals surface area contributed by atoms with Crippen LogP contribution in [0.2, 0.25) is 0 Å². The van der Waals surface area contributed by atoms with Crippen LogP contribution in [0.5, 0.6) is 0 Å². The van der Waals surface area contributed by atoms with E-state index in [0.29, 0.717) is 5.69 Å². The number of aldehydes is 1. The molecule has 0 spiro atoms. The number of aromatic nitrogens is 2. The Morgan fingerprint density at radius 3 is 2.74 bits per heavy atom. The maximum absolute atomic E-state index is 11.4. The van der Waals surface area contributed by atoms with Crippen molar-refractivity contribution in [3.05, 3.63) is 30.1 Å². The second kappa shape index (κ2) is 4.66.